The summed E-state index contributed by atoms with van der Waals surface area (Å²) in [5.41, 5.74) is 7.72. The molecule has 19 heavy (non-hydrogen) atoms. The zero-order valence-electron chi connectivity index (χ0n) is 10.6. The topological polar surface area (TPSA) is 72.0 Å². The fourth-order valence-electron chi connectivity index (χ4n) is 2.03. The molecule has 0 saturated carbocycles. The van der Waals surface area contributed by atoms with E-state index in [-0.39, 0.29) is 17.7 Å². The number of hydrogen-bond donors (Lipinski definition) is 2. The van der Waals surface area contributed by atoms with Crippen molar-refractivity contribution in [2.24, 2.45) is 5.73 Å². The number of benzene rings is 1. The third kappa shape index (κ3) is 3.43. The van der Waals surface area contributed by atoms with Crippen molar-refractivity contribution >= 4 is 11.6 Å². The highest BCUT2D eigenvalue weighted by Gasteiger charge is 2.20. The molecule has 0 bridgehead atoms. The number of nitrogens with zero attached hydrogens (tertiary/aromatic N) is 2. The maximum absolute atomic E-state index is 9.54. The number of phenolic OH excluding ortho intramolecular Hbond substituents is 1. The predicted molar refractivity (Wildman–Crippen MR) is 75.2 cm³/mol. The van der Waals surface area contributed by atoms with Gasteiger partial charge in [-0.25, -0.2) is 0 Å². The number of nitrogens with two attached hydrogens (primary N) is 1. The van der Waals surface area contributed by atoms with Crippen LogP contribution in [0.25, 0.3) is 0 Å². The molecule has 4 nitrogen and oxygen atoms in total. The van der Waals surface area contributed by atoms with E-state index in [0.29, 0.717) is 11.4 Å². The van der Waals surface area contributed by atoms with Crippen LogP contribution >= 0.6 is 11.6 Å². The van der Waals surface area contributed by atoms with E-state index < -0.39 is 0 Å². The average Bonchev–Trinajstić information content (AvgIpc) is 2.40. The van der Waals surface area contributed by atoms with Crippen molar-refractivity contribution in [1.29, 1.82) is 0 Å². The quantitative estimate of drug-likeness (QED) is 0.901. The summed E-state index contributed by atoms with van der Waals surface area (Å²) in [7, 11) is 0. The van der Waals surface area contributed by atoms with Gasteiger partial charge in [0.25, 0.3) is 0 Å². The van der Waals surface area contributed by atoms with Crippen LogP contribution in [-0.4, -0.2) is 21.3 Å². The lowest BCUT2D eigenvalue weighted by Crippen LogP contribution is -2.27. The van der Waals surface area contributed by atoms with Crippen molar-refractivity contribution in [3.63, 3.8) is 0 Å². The first-order chi connectivity index (χ1) is 9.08. The number of aromatic nitrogens is 2. The summed E-state index contributed by atoms with van der Waals surface area (Å²) in [6.07, 6.45) is 2.24. The summed E-state index contributed by atoms with van der Waals surface area (Å²) >= 11 is 6.14. The van der Waals surface area contributed by atoms with Gasteiger partial charge in [-0.05, 0) is 49.2 Å². The van der Waals surface area contributed by atoms with Crippen molar-refractivity contribution < 1.29 is 5.11 Å². The third-order valence-electron chi connectivity index (χ3n) is 3.08. The highest BCUT2D eigenvalue weighted by Crippen LogP contribution is 2.28. The maximum atomic E-state index is 9.54. The lowest BCUT2D eigenvalue weighted by Gasteiger charge is -2.20. The molecule has 0 saturated heterocycles. The second-order valence-corrected chi connectivity index (χ2v) is 5.00. The van der Waals surface area contributed by atoms with Crippen LogP contribution in [0.4, 0.5) is 0 Å². The highest BCUT2D eigenvalue weighted by molar-refractivity contribution is 6.31. The molecule has 2 atom stereocenters. The second-order valence-electron chi connectivity index (χ2n) is 4.59. The van der Waals surface area contributed by atoms with Gasteiger partial charge >= 0.3 is 0 Å². The monoisotopic (exact) mass is 277 g/mol. The number of hydrogen-bond acceptors (Lipinski definition) is 4. The Morgan fingerprint density at radius 2 is 2.16 bits per heavy atom. The van der Waals surface area contributed by atoms with Gasteiger partial charge in [0, 0.05) is 23.2 Å². The zero-order valence-corrected chi connectivity index (χ0v) is 11.4. The Kier molecular flexibility index (Phi) is 4.35. The molecular weight excluding hydrogens is 262 g/mol. The molecule has 1 heterocycles. The van der Waals surface area contributed by atoms with Crippen LogP contribution in [0.3, 0.4) is 0 Å². The summed E-state index contributed by atoms with van der Waals surface area (Å²) in [4.78, 5) is 0. The van der Waals surface area contributed by atoms with Crippen LogP contribution in [-0.2, 0) is 6.42 Å². The number of halogens is 1. The molecule has 2 rings (SSSR count). The fraction of sp³-hybridized carbons (Fsp3) is 0.286. The number of aromatic hydroxyl groups is 1. The molecule has 1 aromatic carbocycles. The highest BCUT2D eigenvalue weighted by atomic mass is 35.5. The summed E-state index contributed by atoms with van der Waals surface area (Å²) in [5.74, 6) is 0.204. The Hall–Kier alpha value is -1.65. The van der Waals surface area contributed by atoms with Gasteiger partial charge in [0.15, 0.2) is 0 Å². The number of rotatable bonds is 4. The van der Waals surface area contributed by atoms with Crippen LogP contribution in [0.15, 0.2) is 36.5 Å². The van der Waals surface area contributed by atoms with Crippen molar-refractivity contribution in [2.75, 3.05) is 0 Å². The van der Waals surface area contributed by atoms with Crippen molar-refractivity contribution in [3.8, 4) is 5.75 Å². The van der Waals surface area contributed by atoms with Crippen molar-refractivity contribution in [1.82, 2.24) is 10.2 Å². The van der Waals surface area contributed by atoms with Gasteiger partial charge in [-0.2, -0.15) is 10.2 Å². The molecule has 0 aliphatic heterocycles. The molecule has 5 heteroatoms. The van der Waals surface area contributed by atoms with E-state index in [0.717, 1.165) is 11.3 Å². The van der Waals surface area contributed by atoms with Gasteiger partial charge in [0.2, 0.25) is 0 Å². The Labute approximate surface area is 117 Å². The summed E-state index contributed by atoms with van der Waals surface area (Å²) in [5, 5.41) is 18.2. The van der Waals surface area contributed by atoms with Crippen LogP contribution in [0.1, 0.15) is 24.1 Å². The van der Waals surface area contributed by atoms with E-state index in [1.165, 1.54) is 0 Å². The Balaban J connectivity index is 2.29. The SMILES string of the molecule is CC(N)C(Cc1cc(O)ccc1Cl)c1cccnn1. The summed E-state index contributed by atoms with van der Waals surface area (Å²) in [6.45, 7) is 1.93. The molecule has 0 radical (unpaired) electrons. The van der Waals surface area contributed by atoms with E-state index in [4.69, 9.17) is 17.3 Å². The Morgan fingerprint density at radius 3 is 2.79 bits per heavy atom. The molecule has 2 unspecified atom stereocenters. The van der Waals surface area contributed by atoms with Gasteiger partial charge in [-0.15, -0.1) is 0 Å². The van der Waals surface area contributed by atoms with Crippen molar-refractivity contribution in [3.05, 3.63) is 52.8 Å². The molecule has 100 valence electrons. The predicted octanol–water partition coefficient (Wildman–Crippen LogP) is 2.51. The standard InChI is InChI=1S/C14H16ClN3O/c1-9(16)12(14-3-2-6-17-18-14)8-10-7-11(19)4-5-13(10)15/h2-7,9,12,19H,8,16H2,1H3. The first kappa shape index (κ1) is 13.8. The normalized spacial score (nSPS) is 14.1. The minimum Gasteiger partial charge on any atom is -0.508 e. The fourth-order valence-corrected chi connectivity index (χ4v) is 2.22. The van der Waals surface area contributed by atoms with E-state index in [1.807, 2.05) is 19.1 Å². The average molecular weight is 278 g/mol. The van der Waals surface area contributed by atoms with Crippen LogP contribution in [0, 0.1) is 0 Å². The molecule has 1 aromatic heterocycles. The molecule has 0 aliphatic rings. The molecule has 0 spiro atoms. The minimum atomic E-state index is -0.0879. The van der Waals surface area contributed by atoms with E-state index in [2.05, 4.69) is 10.2 Å². The van der Waals surface area contributed by atoms with Crippen LogP contribution in [0.5, 0.6) is 5.75 Å². The van der Waals surface area contributed by atoms with Crippen LogP contribution in [0.2, 0.25) is 5.02 Å². The van der Waals surface area contributed by atoms with E-state index in [9.17, 15) is 5.11 Å². The summed E-state index contributed by atoms with van der Waals surface area (Å²) < 4.78 is 0. The van der Waals surface area contributed by atoms with Crippen LogP contribution < -0.4 is 5.73 Å². The van der Waals surface area contributed by atoms with Gasteiger partial charge in [0.1, 0.15) is 5.75 Å². The second kappa shape index (κ2) is 5.99. The molecular formula is C14H16ClN3O. The molecule has 0 aliphatic carbocycles. The van der Waals surface area contributed by atoms with Gasteiger partial charge in [0.05, 0.1) is 5.69 Å². The van der Waals surface area contributed by atoms with E-state index in [1.54, 1.807) is 24.4 Å². The minimum absolute atomic E-state index is 0.00741. The van der Waals surface area contributed by atoms with Gasteiger partial charge < -0.3 is 10.8 Å². The number of phenols is 1. The molecule has 0 amide bonds. The Morgan fingerprint density at radius 1 is 1.37 bits per heavy atom. The van der Waals surface area contributed by atoms with Crippen molar-refractivity contribution in [2.45, 2.75) is 25.3 Å². The molecule has 3 N–H and O–H groups in total. The zero-order chi connectivity index (χ0) is 13.8. The summed E-state index contributed by atoms with van der Waals surface area (Å²) in [6, 6.07) is 8.55. The van der Waals surface area contributed by atoms with Gasteiger partial charge in [-0.3, -0.25) is 0 Å². The molecule has 2 aromatic rings. The smallest absolute Gasteiger partial charge is 0.115 e. The largest absolute Gasteiger partial charge is 0.508 e. The first-order valence-electron chi connectivity index (χ1n) is 6.08. The maximum Gasteiger partial charge on any atom is 0.115 e. The third-order valence-corrected chi connectivity index (χ3v) is 3.45. The lowest BCUT2D eigenvalue weighted by atomic mass is 9.90. The van der Waals surface area contributed by atoms with Gasteiger partial charge in [-0.1, -0.05) is 11.6 Å². The lowest BCUT2D eigenvalue weighted by molar-refractivity contribution is 0.473. The Bertz CT molecular complexity index is 546. The molecule has 0 fully saturated rings. The van der Waals surface area contributed by atoms with E-state index >= 15 is 0 Å². The first-order valence-corrected chi connectivity index (χ1v) is 6.46.